The number of aliphatic carboxylic acids is 1. The molecular weight excluding hydrogens is 230 g/mol. The van der Waals surface area contributed by atoms with E-state index in [1.54, 1.807) is 24.3 Å². The summed E-state index contributed by atoms with van der Waals surface area (Å²) < 4.78 is 0. The van der Waals surface area contributed by atoms with Crippen LogP contribution in [-0.4, -0.2) is 23.0 Å². The van der Waals surface area contributed by atoms with Gasteiger partial charge in [-0.3, -0.25) is 9.59 Å². The smallest absolute Gasteiger partial charge is 0.303 e. The van der Waals surface area contributed by atoms with E-state index >= 15 is 0 Å². The predicted octanol–water partition coefficient (Wildman–Crippen LogP) is 2.31. The highest BCUT2D eigenvalue weighted by atomic mass is 16.4. The first-order valence-electron chi connectivity index (χ1n) is 5.90. The fraction of sp³-hybridized carbons (Fsp3) is 0.429. The van der Waals surface area contributed by atoms with Crippen molar-refractivity contribution in [3.63, 3.8) is 0 Å². The van der Waals surface area contributed by atoms with E-state index in [1.165, 1.54) is 0 Å². The van der Waals surface area contributed by atoms with Crippen LogP contribution in [0, 0.1) is 5.41 Å². The van der Waals surface area contributed by atoms with Crippen LogP contribution < -0.4 is 5.32 Å². The maximum Gasteiger partial charge on any atom is 0.303 e. The first kappa shape index (κ1) is 14.2. The Hall–Kier alpha value is -1.84. The molecule has 0 fully saturated rings. The van der Waals surface area contributed by atoms with Crippen LogP contribution in [0.25, 0.3) is 0 Å². The van der Waals surface area contributed by atoms with E-state index in [1.807, 2.05) is 26.8 Å². The van der Waals surface area contributed by atoms with Crippen molar-refractivity contribution in [1.29, 1.82) is 0 Å². The van der Waals surface area contributed by atoms with E-state index in [0.717, 1.165) is 0 Å². The summed E-state index contributed by atoms with van der Waals surface area (Å²) in [5.41, 5.74) is 0.0893. The molecule has 1 rings (SSSR count). The van der Waals surface area contributed by atoms with Crippen molar-refractivity contribution in [2.24, 2.45) is 5.41 Å². The monoisotopic (exact) mass is 249 g/mol. The molecule has 1 atom stereocenters. The number of benzene rings is 1. The molecule has 0 aromatic heterocycles. The number of carbonyl (C=O) groups excluding carboxylic acids is 1. The largest absolute Gasteiger partial charge is 0.481 e. The highest BCUT2D eigenvalue weighted by molar-refractivity contribution is 5.94. The van der Waals surface area contributed by atoms with Gasteiger partial charge in [-0.15, -0.1) is 0 Å². The molecule has 1 aromatic carbocycles. The second kappa shape index (κ2) is 5.67. The minimum Gasteiger partial charge on any atom is -0.481 e. The van der Waals surface area contributed by atoms with Crippen LogP contribution in [-0.2, 0) is 4.79 Å². The van der Waals surface area contributed by atoms with Crippen molar-refractivity contribution in [2.45, 2.75) is 33.2 Å². The van der Waals surface area contributed by atoms with Crippen molar-refractivity contribution < 1.29 is 14.7 Å². The third-order valence-corrected chi connectivity index (χ3v) is 3.16. The van der Waals surface area contributed by atoms with Crippen LogP contribution >= 0.6 is 0 Å². The Balaban J connectivity index is 2.67. The molecule has 18 heavy (non-hydrogen) atoms. The third kappa shape index (κ3) is 3.87. The summed E-state index contributed by atoms with van der Waals surface area (Å²) in [4.78, 5) is 22.7. The van der Waals surface area contributed by atoms with E-state index in [-0.39, 0.29) is 18.4 Å². The lowest BCUT2D eigenvalue weighted by Gasteiger charge is -2.30. The van der Waals surface area contributed by atoms with Crippen molar-refractivity contribution in [3.8, 4) is 0 Å². The van der Waals surface area contributed by atoms with Crippen LogP contribution in [0.5, 0.6) is 0 Å². The predicted molar refractivity (Wildman–Crippen MR) is 69.4 cm³/mol. The fourth-order valence-corrected chi connectivity index (χ4v) is 1.61. The zero-order valence-corrected chi connectivity index (χ0v) is 10.9. The standard InChI is InChI=1S/C14H19NO3/c1-10(14(2,3)9-12(16)17)15-13(18)11-7-5-4-6-8-11/h4-8,10H,9H2,1-3H3,(H,15,18)(H,16,17). The molecule has 1 unspecified atom stereocenters. The van der Waals surface area contributed by atoms with Crippen LogP contribution in [0.4, 0.5) is 0 Å². The molecule has 0 heterocycles. The van der Waals surface area contributed by atoms with E-state index in [0.29, 0.717) is 5.56 Å². The molecule has 0 radical (unpaired) electrons. The van der Waals surface area contributed by atoms with Gasteiger partial charge in [0.15, 0.2) is 0 Å². The number of carbonyl (C=O) groups is 2. The second-order valence-corrected chi connectivity index (χ2v) is 5.12. The van der Waals surface area contributed by atoms with Gasteiger partial charge < -0.3 is 10.4 Å². The van der Waals surface area contributed by atoms with E-state index in [2.05, 4.69) is 5.32 Å². The van der Waals surface area contributed by atoms with Crippen molar-refractivity contribution in [1.82, 2.24) is 5.32 Å². The number of amides is 1. The highest BCUT2D eigenvalue weighted by Crippen LogP contribution is 2.25. The van der Waals surface area contributed by atoms with Gasteiger partial charge in [0.25, 0.3) is 5.91 Å². The first-order valence-corrected chi connectivity index (χ1v) is 5.90. The van der Waals surface area contributed by atoms with Gasteiger partial charge in [0, 0.05) is 11.6 Å². The molecule has 4 heteroatoms. The SMILES string of the molecule is CC(NC(=O)c1ccccc1)C(C)(C)CC(=O)O. The van der Waals surface area contributed by atoms with Gasteiger partial charge >= 0.3 is 5.97 Å². The Bertz CT molecular complexity index is 426. The number of nitrogens with one attached hydrogen (secondary N) is 1. The summed E-state index contributed by atoms with van der Waals surface area (Å²) >= 11 is 0. The van der Waals surface area contributed by atoms with Gasteiger partial charge in [-0.1, -0.05) is 32.0 Å². The van der Waals surface area contributed by atoms with Gasteiger partial charge in [-0.05, 0) is 24.5 Å². The number of carboxylic acids is 1. The highest BCUT2D eigenvalue weighted by Gasteiger charge is 2.29. The van der Waals surface area contributed by atoms with Crippen molar-refractivity contribution in [3.05, 3.63) is 35.9 Å². The van der Waals surface area contributed by atoms with Crippen LogP contribution in [0.2, 0.25) is 0 Å². The molecule has 4 nitrogen and oxygen atoms in total. The number of hydrogen-bond acceptors (Lipinski definition) is 2. The number of hydrogen-bond donors (Lipinski definition) is 2. The van der Waals surface area contributed by atoms with Gasteiger partial charge in [-0.2, -0.15) is 0 Å². The lowest BCUT2D eigenvalue weighted by Crippen LogP contribution is -2.43. The van der Waals surface area contributed by atoms with Crippen molar-refractivity contribution in [2.75, 3.05) is 0 Å². The zero-order valence-electron chi connectivity index (χ0n) is 10.9. The summed E-state index contributed by atoms with van der Waals surface area (Å²) in [6, 6.07) is 8.66. The summed E-state index contributed by atoms with van der Waals surface area (Å²) in [7, 11) is 0. The summed E-state index contributed by atoms with van der Waals surface area (Å²) in [5.74, 6) is -1.04. The first-order chi connectivity index (χ1) is 8.33. The van der Waals surface area contributed by atoms with Gasteiger partial charge in [-0.25, -0.2) is 0 Å². The van der Waals surface area contributed by atoms with Crippen LogP contribution in [0.3, 0.4) is 0 Å². The molecule has 0 saturated carbocycles. The number of rotatable bonds is 5. The zero-order chi connectivity index (χ0) is 13.8. The minimum atomic E-state index is -0.860. The maximum atomic E-state index is 11.9. The van der Waals surface area contributed by atoms with E-state index < -0.39 is 11.4 Å². The lowest BCUT2D eigenvalue weighted by molar-refractivity contribution is -0.139. The van der Waals surface area contributed by atoms with Crippen LogP contribution in [0.1, 0.15) is 37.6 Å². The summed E-state index contributed by atoms with van der Waals surface area (Å²) in [6.07, 6.45) is 0.0171. The van der Waals surface area contributed by atoms with Crippen LogP contribution in [0.15, 0.2) is 30.3 Å². The Morgan fingerprint density at radius 1 is 1.28 bits per heavy atom. The maximum absolute atomic E-state index is 11.9. The quantitative estimate of drug-likeness (QED) is 0.841. The minimum absolute atomic E-state index is 0.0171. The Kier molecular flexibility index (Phi) is 4.48. The Morgan fingerprint density at radius 2 is 1.83 bits per heavy atom. The molecule has 0 saturated heterocycles. The van der Waals surface area contributed by atoms with Gasteiger partial charge in [0.1, 0.15) is 0 Å². The molecular formula is C14H19NO3. The summed E-state index contributed by atoms with van der Waals surface area (Å²) in [5, 5.41) is 11.7. The number of carboxylic acid groups (broad SMARTS) is 1. The summed E-state index contributed by atoms with van der Waals surface area (Å²) in [6.45, 7) is 5.48. The molecule has 98 valence electrons. The molecule has 2 N–H and O–H groups in total. The van der Waals surface area contributed by atoms with Gasteiger partial charge in [0.05, 0.1) is 6.42 Å². The third-order valence-electron chi connectivity index (χ3n) is 3.16. The normalized spacial score (nSPS) is 12.8. The lowest BCUT2D eigenvalue weighted by atomic mass is 9.82. The topological polar surface area (TPSA) is 66.4 Å². The molecule has 0 aliphatic heterocycles. The Labute approximate surface area is 107 Å². The molecule has 0 aliphatic rings. The molecule has 0 spiro atoms. The molecule has 0 bridgehead atoms. The fourth-order valence-electron chi connectivity index (χ4n) is 1.61. The Morgan fingerprint density at radius 3 is 2.33 bits per heavy atom. The molecule has 1 aromatic rings. The molecule has 0 aliphatic carbocycles. The van der Waals surface area contributed by atoms with E-state index in [9.17, 15) is 9.59 Å². The second-order valence-electron chi connectivity index (χ2n) is 5.12. The van der Waals surface area contributed by atoms with Gasteiger partial charge in [0.2, 0.25) is 0 Å². The average molecular weight is 249 g/mol. The average Bonchev–Trinajstić information content (AvgIpc) is 2.28. The van der Waals surface area contributed by atoms with Crippen molar-refractivity contribution >= 4 is 11.9 Å². The molecule has 1 amide bonds. The van der Waals surface area contributed by atoms with E-state index in [4.69, 9.17) is 5.11 Å².